The van der Waals surface area contributed by atoms with Crippen LogP contribution in [0.3, 0.4) is 0 Å². The molecular formula is C12H18N4O3. The smallest absolute Gasteiger partial charge is 0.303 e. The van der Waals surface area contributed by atoms with E-state index in [1.165, 1.54) is 0 Å². The predicted molar refractivity (Wildman–Crippen MR) is 66.2 cm³/mol. The zero-order valence-corrected chi connectivity index (χ0v) is 10.7. The summed E-state index contributed by atoms with van der Waals surface area (Å²) in [7, 11) is 0. The van der Waals surface area contributed by atoms with Crippen molar-refractivity contribution in [3.05, 3.63) is 12.4 Å². The Bertz CT molecular complexity index is 440. The summed E-state index contributed by atoms with van der Waals surface area (Å²) in [4.78, 5) is 22.5. The fourth-order valence-electron chi connectivity index (χ4n) is 2.36. The molecule has 1 amide bonds. The van der Waals surface area contributed by atoms with Gasteiger partial charge in [0.05, 0.1) is 19.2 Å². The minimum Gasteiger partial charge on any atom is -0.481 e. The second-order valence-electron chi connectivity index (χ2n) is 5.12. The Morgan fingerprint density at radius 2 is 2.21 bits per heavy atom. The van der Waals surface area contributed by atoms with E-state index in [9.17, 15) is 9.59 Å². The number of aliphatic carboxylic acids is 1. The lowest BCUT2D eigenvalue weighted by Gasteiger charge is -2.40. The molecule has 0 aromatic carbocycles. The molecule has 19 heavy (non-hydrogen) atoms. The van der Waals surface area contributed by atoms with Gasteiger partial charge in [0.2, 0.25) is 5.91 Å². The molecule has 1 aliphatic rings. The van der Waals surface area contributed by atoms with Crippen LogP contribution in [-0.2, 0) is 16.1 Å². The van der Waals surface area contributed by atoms with E-state index < -0.39 is 5.97 Å². The van der Waals surface area contributed by atoms with E-state index in [0.29, 0.717) is 19.5 Å². The molecule has 0 unspecified atom stereocenters. The average Bonchev–Trinajstić information content (AvgIpc) is 2.82. The quantitative estimate of drug-likeness (QED) is 0.746. The third kappa shape index (κ3) is 3.77. The monoisotopic (exact) mass is 266 g/mol. The number of aromatic nitrogens is 3. The Kier molecular flexibility index (Phi) is 4.13. The Hall–Kier alpha value is -1.92. The van der Waals surface area contributed by atoms with Gasteiger partial charge in [0.1, 0.15) is 0 Å². The lowest BCUT2D eigenvalue weighted by Crippen LogP contribution is -2.43. The summed E-state index contributed by atoms with van der Waals surface area (Å²) in [5, 5.41) is 19.1. The Morgan fingerprint density at radius 1 is 1.42 bits per heavy atom. The van der Waals surface area contributed by atoms with Crippen molar-refractivity contribution < 1.29 is 14.7 Å². The van der Waals surface area contributed by atoms with Gasteiger partial charge in [0.15, 0.2) is 0 Å². The van der Waals surface area contributed by atoms with Crippen LogP contribution in [0.2, 0.25) is 0 Å². The van der Waals surface area contributed by atoms with Gasteiger partial charge in [-0.25, -0.2) is 0 Å². The van der Waals surface area contributed by atoms with E-state index in [4.69, 9.17) is 5.11 Å². The normalized spacial score (nSPS) is 16.6. The van der Waals surface area contributed by atoms with Crippen molar-refractivity contribution >= 4 is 11.9 Å². The van der Waals surface area contributed by atoms with Crippen molar-refractivity contribution in [2.75, 3.05) is 6.54 Å². The highest BCUT2D eigenvalue weighted by Gasteiger charge is 2.39. The molecule has 2 N–H and O–H groups in total. The highest BCUT2D eigenvalue weighted by molar-refractivity contribution is 5.76. The Morgan fingerprint density at radius 3 is 2.74 bits per heavy atom. The summed E-state index contributed by atoms with van der Waals surface area (Å²) >= 11 is 0. The van der Waals surface area contributed by atoms with Gasteiger partial charge in [-0.3, -0.25) is 14.3 Å². The van der Waals surface area contributed by atoms with Gasteiger partial charge in [-0.15, -0.1) is 5.10 Å². The van der Waals surface area contributed by atoms with Gasteiger partial charge in [-0.05, 0) is 18.3 Å². The number of nitrogens with one attached hydrogen (secondary N) is 1. The summed E-state index contributed by atoms with van der Waals surface area (Å²) < 4.78 is 1.59. The first kappa shape index (κ1) is 13.5. The minimum atomic E-state index is -0.795. The number of rotatable bonds is 7. The second kappa shape index (κ2) is 5.81. The molecule has 1 aromatic rings. The summed E-state index contributed by atoms with van der Waals surface area (Å²) in [6.07, 6.45) is 6.52. The number of carboxylic acid groups (broad SMARTS) is 1. The van der Waals surface area contributed by atoms with Crippen LogP contribution < -0.4 is 5.32 Å². The van der Waals surface area contributed by atoms with Crippen LogP contribution in [0.5, 0.6) is 0 Å². The number of nitrogens with zero attached hydrogens (tertiary/aromatic N) is 3. The van der Waals surface area contributed by atoms with Crippen LogP contribution >= 0.6 is 0 Å². The molecule has 7 heteroatoms. The first-order valence-electron chi connectivity index (χ1n) is 6.42. The SMILES string of the molecule is O=C(O)CC1(CNC(=O)CCn2ccnn2)CCC1. The fourth-order valence-corrected chi connectivity index (χ4v) is 2.36. The molecular weight excluding hydrogens is 248 g/mol. The van der Waals surface area contributed by atoms with Crippen LogP contribution in [-0.4, -0.2) is 38.5 Å². The van der Waals surface area contributed by atoms with Gasteiger partial charge in [-0.1, -0.05) is 11.6 Å². The number of hydrogen-bond acceptors (Lipinski definition) is 4. The Balaban J connectivity index is 1.72. The summed E-state index contributed by atoms with van der Waals surface area (Å²) in [6.45, 7) is 0.938. The average molecular weight is 266 g/mol. The van der Waals surface area contributed by atoms with Gasteiger partial charge in [-0.2, -0.15) is 0 Å². The van der Waals surface area contributed by atoms with E-state index in [2.05, 4.69) is 15.6 Å². The zero-order valence-electron chi connectivity index (χ0n) is 10.7. The molecule has 0 bridgehead atoms. The maximum absolute atomic E-state index is 11.7. The Labute approximate surface area is 111 Å². The summed E-state index contributed by atoms with van der Waals surface area (Å²) in [5.74, 6) is -0.872. The third-order valence-corrected chi connectivity index (χ3v) is 3.64. The van der Waals surface area contributed by atoms with Gasteiger partial charge >= 0.3 is 5.97 Å². The van der Waals surface area contributed by atoms with Crippen LogP contribution in [0.1, 0.15) is 32.1 Å². The molecule has 0 aliphatic heterocycles. The van der Waals surface area contributed by atoms with Crippen LogP contribution in [0, 0.1) is 5.41 Å². The van der Waals surface area contributed by atoms with E-state index in [-0.39, 0.29) is 17.7 Å². The number of aryl methyl sites for hydroxylation is 1. The van der Waals surface area contributed by atoms with E-state index in [0.717, 1.165) is 19.3 Å². The maximum Gasteiger partial charge on any atom is 0.303 e. The third-order valence-electron chi connectivity index (χ3n) is 3.64. The fraction of sp³-hybridized carbons (Fsp3) is 0.667. The predicted octanol–water partition coefficient (Wildman–Crippen LogP) is 0.429. The van der Waals surface area contributed by atoms with Gasteiger partial charge < -0.3 is 10.4 Å². The standard InChI is InChI=1S/C12H18N4O3/c17-10(2-6-16-7-5-14-15-16)13-9-12(3-1-4-12)8-11(18)19/h5,7H,1-4,6,8-9H2,(H,13,17)(H,18,19). The lowest BCUT2D eigenvalue weighted by atomic mass is 9.66. The first-order chi connectivity index (χ1) is 9.10. The molecule has 1 aliphatic carbocycles. The first-order valence-corrected chi connectivity index (χ1v) is 6.42. The minimum absolute atomic E-state index is 0.0767. The number of hydrogen-bond donors (Lipinski definition) is 2. The van der Waals surface area contributed by atoms with Crippen molar-refractivity contribution in [1.29, 1.82) is 0 Å². The summed E-state index contributed by atoms with van der Waals surface area (Å²) in [6, 6.07) is 0. The molecule has 1 fully saturated rings. The molecule has 104 valence electrons. The zero-order chi connectivity index (χ0) is 13.7. The number of carbonyl (C=O) groups excluding carboxylic acids is 1. The molecule has 0 saturated heterocycles. The number of carbonyl (C=O) groups is 2. The molecule has 0 spiro atoms. The van der Waals surface area contributed by atoms with Crippen LogP contribution in [0.4, 0.5) is 0 Å². The lowest BCUT2D eigenvalue weighted by molar-refractivity contribution is -0.141. The molecule has 0 atom stereocenters. The van der Waals surface area contributed by atoms with E-state index >= 15 is 0 Å². The highest BCUT2D eigenvalue weighted by Crippen LogP contribution is 2.43. The molecule has 2 rings (SSSR count). The van der Waals surface area contributed by atoms with Crippen LogP contribution in [0.25, 0.3) is 0 Å². The van der Waals surface area contributed by atoms with Crippen molar-refractivity contribution in [2.24, 2.45) is 5.41 Å². The topological polar surface area (TPSA) is 97.1 Å². The van der Waals surface area contributed by atoms with Crippen molar-refractivity contribution in [1.82, 2.24) is 20.3 Å². The van der Waals surface area contributed by atoms with E-state index in [1.54, 1.807) is 17.1 Å². The molecule has 0 radical (unpaired) electrons. The van der Waals surface area contributed by atoms with Gasteiger partial charge in [0, 0.05) is 19.2 Å². The number of carboxylic acids is 1. The van der Waals surface area contributed by atoms with Crippen LogP contribution in [0.15, 0.2) is 12.4 Å². The number of amides is 1. The molecule has 7 nitrogen and oxygen atoms in total. The van der Waals surface area contributed by atoms with Crippen molar-refractivity contribution in [3.63, 3.8) is 0 Å². The molecule has 1 heterocycles. The second-order valence-corrected chi connectivity index (χ2v) is 5.12. The summed E-state index contributed by atoms with van der Waals surface area (Å²) in [5.41, 5.74) is -0.227. The molecule has 1 saturated carbocycles. The van der Waals surface area contributed by atoms with Crippen molar-refractivity contribution in [3.8, 4) is 0 Å². The maximum atomic E-state index is 11.7. The largest absolute Gasteiger partial charge is 0.481 e. The van der Waals surface area contributed by atoms with Crippen molar-refractivity contribution in [2.45, 2.75) is 38.6 Å². The van der Waals surface area contributed by atoms with Gasteiger partial charge in [0.25, 0.3) is 0 Å². The van der Waals surface area contributed by atoms with E-state index in [1.807, 2.05) is 0 Å². The molecule has 1 aromatic heterocycles. The highest BCUT2D eigenvalue weighted by atomic mass is 16.4.